The number of piperidine rings is 1. The van der Waals surface area contributed by atoms with Crippen molar-refractivity contribution in [2.24, 2.45) is 5.92 Å². The molecule has 1 saturated heterocycles. The third kappa shape index (κ3) is 5.32. The predicted octanol–water partition coefficient (Wildman–Crippen LogP) is 3.91. The van der Waals surface area contributed by atoms with E-state index >= 15 is 0 Å². The van der Waals surface area contributed by atoms with E-state index in [-0.39, 0.29) is 11.8 Å². The molecule has 1 aliphatic rings. The molecular weight excluding hydrogens is 332 g/mol. The average Bonchev–Trinajstić information content (AvgIpc) is 2.65. The van der Waals surface area contributed by atoms with Crippen LogP contribution in [0.5, 0.6) is 0 Å². The summed E-state index contributed by atoms with van der Waals surface area (Å²) < 4.78 is 0. The summed E-state index contributed by atoms with van der Waals surface area (Å²) in [5.41, 5.74) is 2.42. The highest BCUT2D eigenvalue weighted by Gasteiger charge is 2.24. The molecule has 2 aromatic rings. The van der Waals surface area contributed by atoms with Gasteiger partial charge in [0, 0.05) is 24.0 Å². The molecule has 1 amide bonds. The second-order valence-electron chi connectivity index (χ2n) is 6.67. The Morgan fingerprint density at radius 3 is 2.44 bits per heavy atom. The lowest BCUT2D eigenvalue weighted by Crippen LogP contribution is -2.40. The monoisotopic (exact) mass is 356 g/mol. The first kappa shape index (κ1) is 18.0. The first-order chi connectivity index (χ1) is 12.2. The summed E-state index contributed by atoms with van der Waals surface area (Å²) >= 11 is 6.24. The van der Waals surface area contributed by atoms with Crippen LogP contribution in [0.4, 0.5) is 0 Å². The molecule has 0 aromatic heterocycles. The fourth-order valence-corrected chi connectivity index (χ4v) is 3.54. The largest absolute Gasteiger partial charge is 0.356 e. The van der Waals surface area contributed by atoms with Crippen molar-refractivity contribution in [3.05, 3.63) is 70.7 Å². The van der Waals surface area contributed by atoms with Gasteiger partial charge in [-0.25, -0.2) is 0 Å². The second kappa shape index (κ2) is 9.02. The zero-order valence-corrected chi connectivity index (χ0v) is 15.2. The molecule has 1 fully saturated rings. The molecule has 0 unspecified atom stereocenters. The van der Waals surface area contributed by atoms with Gasteiger partial charge in [-0.15, -0.1) is 0 Å². The van der Waals surface area contributed by atoms with Crippen LogP contribution in [0.15, 0.2) is 54.6 Å². The van der Waals surface area contributed by atoms with E-state index in [1.54, 1.807) is 0 Å². The van der Waals surface area contributed by atoms with E-state index < -0.39 is 0 Å². The molecule has 1 heterocycles. The number of amides is 1. The van der Waals surface area contributed by atoms with Gasteiger partial charge in [0.1, 0.15) is 0 Å². The summed E-state index contributed by atoms with van der Waals surface area (Å²) in [6.07, 6.45) is 2.72. The Balaban J connectivity index is 1.39. The van der Waals surface area contributed by atoms with Gasteiger partial charge >= 0.3 is 0 Å². The number of hydrogen-bond donors (Lipinski definition) is 1. The molecule has 0 atom stereocenters. The normalized spacial score (nSPS) is 15.9. The summed E-state index contributed by atoms with van der Waals surface area (Å²) in [4.78, 5) is 14.7. The van der Waals surface area contributed by atoms with Crippen molar-refractivity contribution in [3.8, 4) is 0 Å². The van der Waals surface area contributed by atoms with Crippen molar-refractivity contribution in [1.29, 1.82) is 0 Å². The number of hydrogen-bond acceptors (Lipinski definition) is 2. The van der Waals surface area contributed by atoms with Crippen LogP contribution in [0.1, 0.15) is 24.0 Å². The minimum Gasteiger partial charge on any atom is -0.356 e. The maximum Gasteiger partial charge on any atom is 0.223 e. The van der Waals surface area contributed by atoms with E-state index in [2.05, 4.69) is 28.4 Å². The molecule has 0 aliphatic carbocycles. The molecule has 25 heavy (non-hydrogen) atoms. The van der Waals surface area contributed by atoms with Crippen LogP contribution in [0, 0.1) is 5.92 Å². The van der Waals surface area contributed by atoms with Crippen molar-refractivity contribution in [2.45, 2.75) is 25.8 Å². The fraction of sp³-hybridized carbons (Fsp3) is 0.381. The first-order valence-electron chi connectivity index (χ1n) is 9.00. The third-order valence-corrected chi connectivity index (χ3v) is 5.23. The lowest BCUT2D eigenvalue weighted by atomic mass is 9.95. The summed E-state index contributed by atoms with van der Waals surface area (Å²) in [6, 6.07) is 18.3. The van der Waals surface area contributed by atoms with E-state index in [0.29, 0.717) is 6.54 Å². The number of rotatable bonds is 6. The molecular formula is C21H25ClN2O. The standard InChI is InChI=1S/C21H25ClN2O/c22-20-9-5-4-8-19(20)16-24-14-11-18(12-15-24)21(25)23-13-10-17-6-2-1-3-7-17/h1-9,18H,10-16H2,(H,23,25). The Bertz CT molecular complexity index is 681. The molecule has 0 radical (unpaired) electrons. The number of carbonyl (C=O) groups excluding carboxylic acids is 1. The fourth-order valence-electron chi connectivity index (χ4n) is 3.34. The highest BCUT2D eigenvalue weighted by molar-refractivity contribution is 6.31. The summed E-state index contributed by atoms with van der Waals surface area (Å²) in [7, 11) is 0. The molecule has 0 saturated carbocycles. The smallest absolute Gasteiger partial charge is 0.223 e. The van der Waals surface area contributed by atoms with Gasteiger partial charge < -0.3 is 5.32 Å². The molecule has 2 aromatic carbocycles. The minimum atomic E-state index is 0.137. The Morgan fingerprint density at radius 1 is 1.04 bits per heavy atom. The Morgan fingerprint density at radius 2 is 1.72 bits per heavy atom. The molecule has 3 rings (SSSR count). The molecule has 4 heteroatoms. The maximum atomic E-state index is 12.4. The van der Waals surface area contributed by atoms with E-state index in [1.165, 1.54) is 5.56 Å². The first-order valence-corrected chi connectivity index (χ1v) is 9.37. The van der Waals surface area contributed by atoms with E-state index in [0.717, 1.165) is 49.5 Å². The van der Waals surface area contributed by atoms with Gasteiger partial charge in [-0.05, 0) is 49.5 Å². The number of nitrogens with zero attached hydrogens (tertiary/aromatic N) is 1. The Kier molecular flexibility index (Phi) is 6.48. The zero-order chi connectivity index (χ0) is 17.5. The number of likely N-dealkylation sites (tertiary alicyclic amines) is 1. The molecule has 0 bridgehead atoms. The van der Waals surface area contributed by atoms with E-state index in [4.69, 9.17) is 11.6 Å². The van der Waals surface area contributed by atoms with Gasteiger partial charge in [0.15, 0.2) is 0 Å². The molecule has 1 N–H and O–H groups in total. The quantitative estimate of drug-likeness (QED) is 0.851. The van der Waals surface area contributed by atoms with Crippen LogP contribution in [0.2, 0.25) is 5.02 Å². The lowest BCUT2D eigenvalue weighted by Gasteiger charge is -2.31. The number of carbonyl (C=O) groups is 1. The van der Waals surface area contributed by atoms with Crippen molar-refractivity contribution >= 4 is 17.5 Å². The van der Waals surface area contributed by atoms with Gasteiger partial charge in [0.2, 0.25) is 5.91 Å². The Hall–Kier alpha value is -1.84. The highest BCUT2D eigenvalue weighted by atomic mass is 35.5. The van der Waals surface area contributed by atoms with Crippen molar-refractivity contribution in [1.82, 2.24) is 10.2 Å². The van der Waals surface area contributed by atoms with Gasteiger partial charge in [0.25, 0.3) is 0 Å². The van der Waals surface area contributed by atoms with Crippen LogP contribution in [-0.2, 0) is 17.8 Å². The van der Waals surface area contributed by atoms with Crippen LogP contribution >= 0.6 is 11.6 Å². The molecule has 132 valence electrons. The van der Waals surface area contributed by atoms with E-state index in [1.807, 2.05) is 36.4 Å². The highest BCUT2D eigenvalue weighted by Crippen LogP contribution is 2.22. The molecule has 3 nitrogen and oxygen atoms in total. The molecule has 1 aliphatic heterocycles. The minimum absolute atomic E-state index is 0.137. The van der Waals surface area contributed by atoms with Gasteiger partial charge in [-0.3, -0.25) is 9.69 Å². The molecule has 0 spiro atoms. The number of halogens is 1. The maximum absolute atomic E-state index is 12.4. The van der Waals surface area contributed by atoms with Crippen LogP contribution in [0.3, 0.4) is 0 Å². The van der Waals surface area contributed by atoms with E-state index in [9.17, 15) is 4.79 Å². The summed E-state index contributed by atoms with van der Waals surface area (Å²) in [5.74, 6) is 0.339. The summed E-state index contributed by atoms with van der Waals surface area (Å²) in [5, 5.41) is 3.92. The zero-order valence-electron chi connectivity index (χ0n) is 14.5. The average molecular weight is 357 g/mol. The van der Waals surface area contributed by atoms with Gasteiger partial charge in [-0.2, -0.15) is 0 Å². The summed E-state index contributed by atoms with van der Waals surface area (Å²) in [6.45, 7) is 3.47. The van der Waals surface area contributed by atoms with Crippen LogP contribution in [-0.4, -0.2) is 30.4 Å². The Labute approximate surface area is 155 Å². The topological polar surface area (TPSA) is 32.3 Å². The lowest BCUT2D eigenvalue weighted by molar-refractivity contribution is -0.126. The SMILES string of the molecule is O=C(NCCc1ccccc1)C1CCN(Cc2ccccc2Cl)CC1. The van der Waals surface area contributed by atoms with Crippen molar-refractivity contribution in [2.75, 3.05) is 19.6 Å². The number of benzene rings is 2. The van der Waals surface area contributed by atoms with Crippen molar-refractivity contribution in [3.63, 3.8) is 0 Å². The van der Waals surface area contributed by atoms with Crippen molar-refractivity contribution < 1.29 is 4.79 Å². The second-order valence-corrected chi connectivity index (χ2v) is 7.08. The van der Waals surface area contributed by atoms with Crippen LogP contribution in [0.25, 0.3) is 0 Å². The third-order valence-electron chi connectivity index (χ3n) is 4.87. The van der Waals surface area contributed by atoms with Gasteiger partial charge in [0.05, 0.1) is 0 Å². The van der Waals surface area contributed by atoms with Crippen LogP contribution < -0.4 is 5.32 Å². The number of nitrogens with one attached hydrogen (secondary N) is 1. The predicted molar refractivity (Wildman–Crippen MR) is 103 cm³/mol. The van der Waals surface area contributed by atoms with Gasteiger partial charge in [-0.1, -0.05) is 60.1 Å².